The van der Waals surface area contributed by atoms with E-state index in [0.717, 1.165) is 22.2 Å². The second kappa shape index (κ2) is 11.5. The normalized spacial score (nSPS) is 13.0. The average Bonchev–Trinajstić information content (AvgIpc) is 3.19. The van der Waals surface area contributed by atoms with Crippen LogP contribution in [0.4, 0.5) is 21.5 Å². The number of rotatable bonds is 8. The molecule has 7 nitrogen and oxygen atoms in total. The van der Waals surface area contributed by atoms with E-state index < -0.39 is 17.6 Å². The lowest BCUT2D eigenvalue weighted by molar-refractivity contribution is -0.120. The average molecular weight is 554 g/mol. The summed E-state index contributed by atoms with van der Waals surface area (Å²) in [5.74, 6) is -1.15. The van der Waals surface area contributed by atoms with Crippen LogP contribution in [0.25, 0.3) is 0 Å². The molecule has 9 heteroatoms. The van der Waals surface area contributed by atoms with Crippen molar-refractivity contribution in [2.45, 2.75) is 11.8 Å². The van der Waals surface area contributed by atoms with Crippen LogP contribution in [0.2, 0.25) is 0 Å². The Morgan fingerprint density at radius 1 is 0.800 bits per heavy atom. The van der Waals surface area contributed by atoms with Crippen molar-refractivity contribution in [3.63, 3.8) is 0 Å². The fraction of sp³-hybridized carbons (Fsp3) is 0.0645. The standard InChI is InChI=1S/C31H24FN3O4S/c1-19-3-9-22(10-4-19)33-27-28(31(38)35(30(27)37)24-13-7-21(32)8-14-24)40-26-17-11-23(12-18-26)34-29(36)20-5-15-25(39-2)16-6-20/h3-18,33H,1-2H3,(H,34,36). The summed E-state index contributed by atoms with van der Waals surface area (Å²) in [5, 5.41) is 5.94. The lowest BCUT2D eigenvalue weighted by Gasteiger charge is -2.15. The van der Waals surface area contributed by atoms with Gasteiger partial charge in [-0.3, -0.25) is 14.4 Å². The summed E-state index contributed by atoms with van der Waals surface area (Å²) in [5.41, 5.74) is 3.14. The quantitative estimate of drug-likeness (QED) is 0.246. The molecule has 5 rings (SSSR count). The third kappa shape index (κ3) is 5.74. The van der Waals surface area contributed by atoms with Crippen LogP contribution in [0.5, 0.6) is 5.75 Å². The van der Waals surface area contributed by atoms with Gasteiger partial charge in [0.2, 0.25) is 0 Å². The first-order chi connectivity index (χ1) is 19.3. The van der Waals surface area contributed by atoms with E-state index in [-0.39, 0.29) is 22.2 Å². The van der Waals surface area contributed by atoms with Gasteiger partial charge in [0, 0.05) is 21.8 Å². The Morgan fingerprint density at radius 3 is 2.05 bits per heavy atom. The zero-order chi connectivity index (χ0) is 28.2. The number of nitrogens with zero attached hydrogens (tertiary/aromatic N) is 1. The van der Waals surface area contributed by atoms with Gasteiger partial charge in [0.15, 0.2) is 0 Å². The fourth-order valence-corrected chi connectivity index (χ4v) is 4.92. The Bertz CT molecular complexity index is 1600. The van der Waals surface area contributed by atoms with E-state index in [2.05, 4.69) is 10.6 Å². The van der Waals surface area contributed by atoms with Crippen molar-refractivity contribution in [2.75, 3.05) is 22.6 Å². The van der Waals surface area contributed by atoms with Gasteiger partial charge in [-0.1, -0.05) is 29.5 Å². The molecule has 1 aliphatic rings. The van der Waals surface area contributed by atoms with E-state index in [0.29, 0.717) is 27.6 Å². The molecule has 0 radical (unpaired) electrons. The van der Waals surface area contributed by atoms with Gasteiger partial charge in [0.25, 0.3) is 17.7 Å². The van der Waals surface area contributed by atoms with Gasteiger partial charge in [-0.25, -0.2) is 9.29 Å². The Kier molecular flexibility index (Phi) is 7.65. The molecule has 0 saturated carbocycles. The summed E-state index contributed by atoms with van der Waals surface area (Å²) in [4.78, 5) is 41.5. The molecular formula is C31H24FN3O4S. The minimum atomic E-state index is -0.539. The van der Waals surface area contributed by atoms with Gasteiger partial charge < -0.3 is 15.4 Å². The topological polar surface area (TPSA) is 87.7 Å². The van der Waals surface area contributed by atoms with Crippen LogP contribution in [0.1, 0.15) is 15.9 Å². The van der Waals surface area contributed by atoms with Crippen LogP contribution < -0.4 is 20.3 Å². The van der Waals surface area contributed by atoms with Crippen molar-refractivity contribution in [3.05, 3.63) is 125 Å². The summed E-state index contributed by atoms with van der Waals surface area (Å²) < 4.78 is 18.6. The molecule has 0 atom stereocenters. The molecule has 2 N–H and O–H groups in total. The van der Waals surface area contributed by atoms with Crippen LogP contribution in [-0.4, -0.2) is 24.8 Å². The Labute approximate surface area is 234 Å². The van der Waals surface area contributed by atoms with E-state index in [1.807, 2.05) is 31.2 Å². The number of hydrogen-bond donors (Lipinski definition) is 2. The molecular weight excluding hydrogens is 529 g/mol. The Morgan fingerprint density at radius 2 is 1.43 bits per heavy atom. The van der Waals surface area contributed by atoms with Crippen LogP contribution in [-0.2, 0) is 9.59 Å². The molecule has 0 aromatic heterocycles. The molecule has 0 saturated heterocycles. The number of carbonyl (C=O) groups is 3. The number of halogens is 1. The van der Waals surface area contributed by atoms with Gasteiger partial charge >= 0.3 is 0 Å². The molecule has 0 bridgehead atoms. The summed E-state index contributed by atoms with van der Waals surface area (Å²) >= 11 is 1.13. The maximum absolute atomic E-state index is 13.5. The highest BCUT2D eigenvalue weighted by molar-refractivity contribution is 8.04. The van der Waals surface area contributed by atoms with Crippen LogP contribution >= 0.6 is 11.8 Å². The highest BCUT2D eigenvalue weighted by atomic mass is 32.2. The second-order valence-corrected chi connectivity index (χ2v) is 10.0. The number of nitrogens with one attached hydrogen (secondary N) is 2. The molecule has 1 heterocycles. The maximum Gasteiger partial charge on any atom is 0.283 e. The molecule has 200 valence electrons. The number of amides is 3. The molecule has 4 aromatic rings. The van der Waals surface area contributed by atoms with Crippen molar-refractivity contribution in [2.24, 2.45) is 0 Å². The molecule has 0 fully saturated rings. The van der Waals surface area contributed by atoms with E-state index in [1.54, 1.807) is 55.6 Å². The Hall–Kier alpha value is -4.89. The molecule has 1 aliphatic heterocycles. The first-order valence-electron chi connectivity index (χ1n) is 12.3. The maximum atomic E-state index is 13.5. The predicted octanol–water partition coefficient (Wildman–Crippen LogP) is 6.38. The monoisotopic (exact) mass is 553 g/mol. The number of thioether (sulfide) groups is 1. The summed E-state index contributed by atoms with van der Waals surface area (Å²) in [6.45, 7) is 1.95. The second-order valence-electron chi connectivity index (χ2n) is 8.93. The van der Waals surface area contributed by atoms with E-state index in [1.165, 1.54) is 24.3 Å². The summed E-state index contributed by atoms with van der Waals surface area (Å²) in [6.07, 6.45) is 0. The molecule has 4 aromatic carbocycles. The number of ether oxygens (including phenoxy) is 1. The first-order valence-corrected chi connectivity index (χ1v) is 13.1. The van der Waals surface area contributed by atoms with Gasteiger partial charge in [-0.15, -0.1) is 0 Å². The van der Waals surface area contributed by atoms with Crippen LogP contribution in [0, 0.1) is 12.7 Å². The van der Waals surface area contributed by atoms with Gasteiger partial charge in [0.05, 0.1) is 12.8 Å². The summed E-state index contributed by atoms with van der Waals surface area (Å²) in [7, 11) is 1.56. The SMILES string of the molecule is COc1ccc(C(=O)Nc2ccc(SC3=C(Nc4ccc(C)cc4)C(=O)N(c4ccc(F)cc4)C3=O)cc2)cc1. The predicted molar refractivity (Wildman–Crippen MR) is 154 cm³/mol. The van der Waals surface area contributed by atoms with Crippen LogP contribution in [0.15, 0.2) is 113 Å². The Balaban J connectivity index is 1.38. The van der Waals surface area contributed by atoms with E-state index >= 15 is 0 Å². The summed E-state index contributed by atoms with van der Waals surface area (Å²) in [6, 6.07) is 26.3. The third-order valence-electron chi connectivity index (χ3n) is 6.13. The van der Waals surface area contributed by atoms with Crippen molar-refractivity contribution >= 4 is 46.5 Å². The molecule has 0 aliphatic carbocycles. The number of benzene rings is 4. The highest BCUT2D eigenvalue weighted by Crippen LogP contribution is 2.38. The number of imide groups is 1. The number of hydrogen-bond acceptors (Lipinski definition) is 6. The molecule has 40 heavy (non-hydrogen) atoms. The van der Waals surface area contributed by atoms with E-state index in [9.17, 15) is 18.8 Å². The number of carbonyl (C=O) groups excluding carboxylic acids is 3. The smallest absolute Gasteiger partial charge is 0.283 e. The zero-order valence-corrected chi connectivity index (χ0v) is 22.4. The lowest BCUT2D eigenvalue weighted by atomic mass is 10.2. The van der Waals surface area contributed by atoms with Crippen LogP contribution in [0.3, 0.4) is 0 Å². The fourth-order valence-electron chi connectivity index (χ4n) is 3.99. The van der Waals surface area contributed by atoms with E-state index in [4.69, 9.17) is 4.74 Å². The van der Waals surface area contributed by atoms with Crippen molar-refractivity contribution < 1.29 is 23.5 Å². The number of aryl methyl sites for hydroxylation is 1. The molecule has 0 spiro atoms. The number of methoxy groups -OCH3 is 1. The van der Waals surface area contributed by atoms with Crippen molar-refractivity contribution in [1.29, 1.82) is 0 Å². The number of anilines is 3. The van der Waals surface area contributed by atoms with Gasteiger partial charge in [-0.05, 0) is 91.9 Å². The van der Waals surface area contributed by atoms with Crippen molar-refractivity contribution in [1.82, 2.24) is 0 Å². The van der Waals surface area contributed by atoms with Gasteiger partial charge in [0.1, 0.15) is 22.2 Å². The molecule has 3 amide bonds. The van der Waals surface area contributed by atoms with Crippen molar-refractivity contribution in [3.8, 4) is 5.75 Å². The minimum absolute atomic E-state index is 0.125. The molecule has 0 unspecified atom stereocenters. The van der Waals surface area contributed by atoms with Gasteiger partial charge in [-0.2, -0.15) is 0 Å². The zero-order valence-electron chi connectivity index (χ0n) is 21.6. The highest BCUT2D eigenvalue weighted by Gasteiger charge is 2.40. The first kappa shape index (κ1) is 26.7. The minimum Gasteiger partial charge on any atom is -0.497 e. The third-order valence-corrected chi connectivity index (χ3v) is 7.22. The lowest BCUT2D eigenvalue weighted by Crippen LogP contribution is -2.32. The largest absolute Gasteiger partial charge is 0.497 e.